The Balaban J connectivity index is 1.85. The highest BCUT2D eigenvalue weighted by Crippen LogP contribution is 2.26. The van der Waals surface area contributed by atoms with Crippen molar-refractivity contribution in [1.82, 2.24) is 14.5 Å². The van der Waals surface area contributed by atoms with E-state index in [1.54, 1.807) is 6.20 Å². The lowest BCUT2D eigenvalue weighted by atomic mass is 10.1. The van der Waals surface area contributed by atoms with Crippen LogP contribution in [0.5, 0.6) is 0 Å². The van der Waals surface area contributed by atoms with E-state index in [1.807, 2.05) is 48.5 Å². The molecule has 0 aliphatic carbocycles. The van der Waals surface area contributed by atoms with Crippen molar-refractivity contribution in [2.75, 3.05) is 18.5 Å². The molecule has 0 bridgehead atoms. The van der Waals surface area contributed by atoms with E-state index < -0.39 is 0 Å². The molecule has 0 aliphatic heterocycles. The number of nitrogens with zero attached hydrogens (tertiary/aromatic N) is 3. The summed E-state index contributed by atoms with van der Waals surface area (Å²) in [4.78, 5) is 9.16. The molecule has 25 heavy (non-hydrogen) atoms. The van der Waals surface area contributed by atoms with Crippen LogP contribution in [0.1, 0.15) is 5.56 Å². The molecule has 0 amide bonds. The molecule has 0 radical (unpaired) electrons. The molecule has 0 spiro atoms. The molecule has 126 valence electrons. The number of halogens is 1. The minimum Gasteiger partial charge on any atom is -0.395 e. The van der Waals surface area contributed by atoms with Crippen LogP contribution >= 0.6 is 11.6 Å². The highest BCUT2D eigenvalue weighted by Gasteiger charge is 2.13. The Kier molecular flexibility index (Phi) is 4.26. The lowest BCUT2D eigenvalue weighted by molar-refractivity contribution is 0.310. The zero-order chi connectivity index (χ0) is 17.2. The van der Waals surface area contributed by atoms with Gasteiger partial charge >= 0.3 is 0 Å². The summed E-state index contributed by atoms with van der Waals surface area (Å²) in [7, 11) is 0. The van der Waals surface area contributed by atoms with Gasteiger partial charge in [0, 0.05) is 23.2 Å². The molecule has 4 rings (SSSR count). The average molecular weight is 353 g/mol. The molecule has 2 aromatic heterocycles. The van der Waals surface area contributed by atoms with E-state index in [9.17, 15) is 0 Å². The topological polar surface area (TPSA) is 63.0 Å². The Bertz CT molecular complexity index is 1040. The standard InChI is InChI=1S/C19H17ClN4O/c20-15-10-13-4-3-7-21-18(13)14(11-15)12-24-17-6-2-1-5-16(17)23-19(24)22-8-9-25/h1-7,10-11,25H,8-9,12H2,(H,22,23). The molecule has 4 aromatic rings. The van der Waals surface area contributed by atoms with Crippen molar-refractivity contribution in [3.05, 3.63) is 65.3 Å². The molecule has 0 unspecified atom stereocenters. The zero-order valence-electron chi connectivity index (χ0n) is 13.5. The first-order valence-corrected chi connectivity index (χ1v) is 8.47. The second kappa shape index (κ2) is 6.70. The van der Waals surface area contributed by atoms with E-state index in [-0.39, 0.29) is 6.61 Å². The fourth-order valence-electron chi connectivity index (χ4n) is 3.06. The molecule has 0 aliphatic rings. The molecular formula is C19H17ClN4O. The summed E-state index contributed by atoms with van der Waals surface area (Å²) in [6, 6.07) is 15.7. The molecule has 0 saturated carbocycles. The lowest BCUT2D eigenvalue weighted by Crippen LogP contribution is -2.12. The number of hydrogen-bond acceptors (Lipinski definition) is 4. The Morgan fingerprint density at radius 1 is 1.12 bits per heavy atom. The summed E-state index contributed by atoms with van der Waals surface area (Å²) in [6.45, 7) is 1.07. The number of aliphatic hydroxyl groups is 1. The predicted octanol–water partition coefficient (Wildman–Crippen LogP) is 3.69. The van der Waals surface area contributed by atoms with Crippen molar-refractivity contribution in [2.24, 2.45) is 0 Å². The largest absolute Gasteiger partial charge is 0.395 e. The summed E-state index contributed by atoms with van der Waals surface area (Å²) in [5, 5.41) is 14.0. The number of pyridine rings is 1. The number of nitrogens with one attached hydrogen (secondary N) is 1. The Morgan fingerprint density at radius 2 is 2.00 bits per heavy atom. The molecular weight excluding hydrogens is 336 g/mol. The van der Waals surface area contributed by atoms with Gasteiger partial charge < -0.3 is 15.0 Å². The van der Waals surface area contributed by atoms with Crippen LogP contribution in [0, 0.1) is 0 Å². The van der Waals surface area contributed by atoms with Gasteiger partial charge in [-0.05, 0) is 35.9 Å². The molecule has 0 atom stereocenters. The summed E-state index contributed by atoms with van der Waals surface area (Å²) >= 11 is 6.30. The number of imidazole rings is 1. The van der Waals surface area contributed by atoms with Gasteiger partial charge in [0.05, 0.1) is 29.7 Å². The summed E-state index contributed by atoms with van der Waals surface area (Å²) < 4.78 is 2.09. The van der Waals surface area contributed by atoms with Crippen molar-refractivity contribution in [3.8, 4) is 0 Å². The average Bonchev–Trinajstić information content (AvgIpc) is 2.97. The highest BCUT2D eigenvalue weighted by molar-refractivity contribution is 6.31. The van der Waals surface area contributed by atoms with Crippen molar-refractivity contribution in [1.29, 1.82) is 0 Å². The minimum absolute atomic E-state index is 0.0465. The smallest absolute Gasteiger partial charge is 0.204 e. The number of rotatable bonds is 5. The van der Waals surface area contributed by atoms with Crippen LogP contribution < -0.4 is 5.32 Å². The summed E-state index contributed by atoms with van der Waals surface area (Å²) in [6.07, 6.45) is 1.79. The zero-order valence-corrected chi connectivity index (χ0v) is 14.2. The number of hydrogen-bond donors (Lipinski definition) is 2. The molecule has 2 aromatic carbocycles. The van der Waals surface area contributed by atoms with Gasteiger partial charge in [-0.15, -0.1) is 0 Å². The van der Waals surface area contributed by atoms with Gasteiger partial charge in [0.25, 0.3) is 0 Å². The molecule has 2 heterocycles. The molecule has 5 nitrogen and oxygen atoms in total. The van der Waals surface area contributed by atoms with Gasteiger partial charge in [-0.3, -0.25) is 4.98 Å². The fourth-order valence-corrected chi connectivity index (χ4v) is 3.31. The predicted molar refractivity (Wildman–Crippen MR) is 101 cm³/mol. The number of aromatic nitrogens is 3. The third kappa shape index (κ3) is 3.04. The monoisotopic (exact) mass is 352 g/mol. The maximum atomic E-state index is 9.13. The number of aliphatic hydroxyl groups excluding tert-OH is 1. The Morgan fingerprint density at radius 3 is 2.88 bits per heavy atom. The van der Waals surface area contributed by atoms with Gasteiger partial charge in [-0.1, -0.05) is 29.8 Å². The Labute approximate surface area is 149 Å². The van der Waals surface area contributed by atoms with Crippen LogP contribution in [0.25, 0.3) is 21.9 Å². The fraction of sp³-hybridized carbons (Fsp3) is 0.158. The van der Waals surface area contributed by atoms with Crippen LogP contribution in [0.15, 0.2) is 54.7 Å². The second-order valence-electron chi connectivity index (χ2n) is 5.80. The number of anilines is 1. The van der Waals surface area contributed by atoms with Gasteiger partial charge in [-0.2, -0.15) is 0 Å². The number of para-hydroxylation sites is 2. The first-order valence-electron chi connectivity index (χ1n) is 8.09. The van der Waals surface area contributed by atoms with E-state index in [4.69, 9.17) is 16.7 Å². The first kappa shape index (κ1) is 15.9. The van der Waals surface area contributed by atoms with Crippen LogP contribution in [-0.4, -0.2) is 32.8 Å². The van der Waals surface area contributed by atoms with Gasteiger partial charge in [0.1, 0.15) is 0 Å². The van der Waals surface area contributed by atoms with Crippen LogP contribution in [0.3, 0.4) is 0 Å². The van der Waals surface area contributed by atoms with Crippen molar-refractivity contribution >= 4 is 39.5 Å². The van der Waals surface area contributed by atoms with E-state index in [2.05, 4.69) is 19.9 Å². The van der Waals surface area contributed by atoms with Crippen LogP contribution in [0.4, 0.5) is 5.95 Å². The molecule has 0 fully saturated rings. The van der Waals surface area contributed by atoms with Crippen molar-refractivity contribution < 1.29 is 5.11 Å². The number of fused-ring (bicyclic) bond motifs is 2. The molecule has 0 saturated heterocycles. The van der Waals surface area contributed by atoms with Gasteiger partial charge in [0.2, 0.25) is 5.95 Å². The summed E-state index contributed by atoms with van der Waals surface area (Å²) in [5.41, 5.74) is 3.88. The lowest BCUT2D eigenvalue weighted by Gasteiger charge is -2.12. The quantitative estimate of drug-likeness (QED) is 0.575. The number of benzene rings is 2. The van der Waals surface area contributed by atoms with Crippen molar-refractivity contribution in [2.45, 2.75) is 6.54 Å². The third-order valence-corrected chi connectivity index (χ3v) is 4.34. The normalized spacial score (nSPS) is 11.3. The molecule has 6 heteroatoms. The first-order chi connectivity index (χ1) is 12.3. The van der Waals surface area contributed by atoms with E-state index in [0.29, 0.717) is 18.1 Å². The van der Waals surface area contributed by atoms with Crippen LogP contribution in [-0.2, 0) is 6.54 Å². The summed E-state index contributed by atoms with van der Waals surface area (Å²) in [5.74, 6) is 0.722. The Hall–Kier alpha value is -2.63. The minimum atomic E-state index is 0.0465. The maximum Gasteiger partial charge on any atom is 0.204 e. The van der Waals surface area contributed by atoms with Gasteiger partial charge in [0.15, 0.2) is 0 Å². The second-order valence-corrected chi connectivity index (χ2v) is 6.24. The SMILES string of the molecule is OCCNc1nc2ccccc2n1Cc1cc(Cl)cc2cccnc12. The van der Waals surface area contributed by atoms with Gasteiger partial charge in [-0.25, -0.2) is 4.98 Å². The molecule has 2 N–H and O–H groups in total. The van der Waals surface area contributed by atoms with Crippen molar-refractivity contribution in [3.63, 3.8) is 0 Å². The highest BCUT2D eigenvalue weighted by atomic mass is 35.5. The van der Waals surface area contributed by atoms with E-state index >= 15 is 0 Å². The third-order valence-electron chi connectivity index (χ3n) is 4.13. The maximum absolute atomic E-state index is 9.13. The van der Waals surface area contributed by atoms with E-state index in [1.165, 1.54) is 0 Å². The van der Waals surface area contributed by atoms with Crippen LogP contribution in [0.2, 0.25) is 5.02 Å². The van der Waals surface area contributed by atoms with E-state index in [0.717, 1.165) is 33.4 Å².